The van der Waals surface area contributed by atoms with Crippen LogP contribution in [-0.2, 0) is 14.1 Å². The van der Waals surface area contributed by atoms with Crippen LogP contribution in [0.15, 0.2) is 9.59 Å². The second-order valence-electron chi connectivity index (χ2n) is 4.85. The standard InChI is InChI=1S/C12H20N4O2S/c1-4-19-9-6-5-8(7-9)13-10-11(17)15(2)12(18)16(3)14-10/h8-9H,4-7H2,1-3H3,(H,13,14). The third-order valence-corrected chi connectivity index (χ3v) is 4.68. The molecular formula is C12H20N4O2S. The van der Waals surface area contributed by atoms with E-state index in [-0.39, 0.29) is 17.4 Å². The van der Waals surface area contributed by atoms with Crippen molar-refractivity contribution in [2.45, 2.75) is 37.5 Å². The Hall–Kier alpha value is -1.24. The van der Waals surface area contributed by atoms with Crippen molar-refractivity contribution < 1.29 is 0 Å². The molecule has 1 aliphatic rings. The van der Waals surface area contributed by atoms with Crippen LogP contribution in [0.1, 0.15) is 26.2 Å². The SMILES string of the molecule is CCSC1CCC(Nc2nn(C)c(=O)n(C)c2=O)C1. The van der Waals surface area contributed by atoms with Gasteiger partial charge in [0.25, 0.3) is 5.56 Å². The number of hydrogen-bond donors (Lipinski definition) is 1. The molecule has 2 unspecified atom stereocenters. The zero-order valence-electron chi connectivity index (χ0n) is 11.5. The Bertz CT molecular complexity index is 566. The van der Waals surface area contributed by atoms with E-state index in [2.05, 4.69) is 17.3 Å². The summed E-state index contributed by atoms with van der Waals surface area (Å²) in [5, 5.41) is 7.88. The predicted octanol–water partition coefficient (Wildman–Crippen LogP) is 0.565. The van der Waals surface area contributed by atoms with Gasteiger partial charge in [0, 0.05) is 25.4 Å². The second kappa shape index (κ2) is 5.81. The number of rotatable bonds is 4. The van der Waals surface area contributed by atoms with E-state index in [1.165, 1.54) is 18.2 Å². The lowest BCUT2D eigenvalue weighted by atomic mass is 10.2. The lowest BCUT2D eigenvalue weighted by Gasteiger charge is -2.14. The number of thioether (sulfide) groups is 1. The number of aryl methyl sites for hydroxylation is 1. The van der Waals surface area contributed by atoms with Crippen LogP contribution in [0.5, 0.6) is 0 Å². The molecule has 1 aliphatic carbocycles. The highest BCUT2D eigenvalue weighted by Crippen LogP contribution is 2.30. The maximum Gasteiger partial charge on any atom is 0.346 e. The van der Waals surface area contributed by atoms with Crippen LogP contribution in [0.3, 0.4) is 0 Å². The summed E-state index contributed by atoms with van der Waals surface area (Å²) in [6, 6.07) is 0.279. The first kappa shape index (κ1) is 14.2. The van der Waals surface area contributed by atoms with Gasteiger partial charge < -0.3 is 5.32 Å². The quantitative estimate of drug-likeness (QED) is 0.875. The zero-order chi connectivity index (χ0) is 14.0. The summed E-state index contributed by atoms with van der Waals surface area (Å²) in [4.78, 5) is 23.5. The minimum atomic E-state index is -0.401. The molecule has 2 atom stereocenters. The molecule has 1 aromatic rings. The number of aromatic nitrogens is 3. The molecule has 1 fully saturated rings. The van der Waals surface area contributed by atoms with Crippen LogP contribution >= 0.6 is 11.8 Å². The van der Waals surface area contributed by atoms with E-state index in [1.54, 1.807) is 7.05 Å². The van der Waals surface area contributed by atoms with Gasteiger partial charge in [0.05, 0.1) is 0 Å². The van der Waals surface area contributed by atoms with Gasteiger partial charge >= 0.3 is 5.69 Å². The van der Waals surface area contributed by atoms with Crippen LogP contribution in [0.25, 0.3) is 0 Å². The fraction of sp³-hybridized carbons (Fsp3) is 0.750. The first-order chi connectivity index (χ1) is 9.02. The largest absolute Gasteiger partial charge is 0.361 e. The average Bonchev–Trinajstić information content (AvgIpc) is 2.81. The van der Waals surface area contributed by atoms with Crippen molar-refractivity contribution in [1.29, 1.82) is 0 Å². The summed E-state index contributed by atoms with van der Waals surface area (Å²) in [5.41, 5.74) is -0.754. The molecule has 1 aromatic heterocycles. The van der Waals surface area contributed by atoms with E-state index in [0.717, 1.165) is 23.2 Å². The summed E-state index contributed by atoms with van der Waals surface area (Å²) >= 11 is 1.97. The minimum Gasteiger partial charge on any atom is -0.361 e. The molecule has 0 amide bonds. The third-order valence-electron chi connectivity index (χ3n) is 3.45. The van der Waals surface area contributed by atoms with Crippen molar-refractivity contribution in [1.82, 2.24) is 14.3 Å². The number of hydrogen-bond acceptors (Lipinski definition) is 5. The van der Waals surface area contributed by atoms with Crippen molar-refractivity contribution in [2.24, 2.45) is 14.1 Å². The molecule has 0 aliphatic heterocycles. The molecule has 7 heteroatoms. The monoisotopic (exact) mass is 284 g/mol. The summed E-state index contributed by atoms with van der Waals surface area (Å²) in [7, 11) is 3.03. The smallest absolute Gasteiger partial charge is 0.346 e. The van der Waals surface area contributed by atoms with Crippen LogP contribution in [0.2, 0.25) is 0 Å². The Morgan fingerprint density at radius 3 is 2.79 bits per heavy atom. The van der Waals surface area contributed by atoms with Gasteiger partial charge in [-0.2, -0.15) is 11.8 Å². The van der Waals surface area contributed by atoms with E-state index in [0.29, 0.717) is 5.25 Å². The summed E-state index contributed by atoms with van der Waals surface area (Å²) in [5.74, 6) is 1.40. The number of anilines is 1. The third kappa shape index (κ3) is 3.02. The van der Waals surface area contributed by atoms with Gasteiger partial charge in [0.2, 0.25) is 5.82 Å². The van der Waals surface area contributed by atoms with Crippen molar-refractivity contribution in [2.75, 3.05) is 11.1 Å². The molecular weight excluding hydrogens is 264 g/mol. The Morgan fingerprint density at radius 2 is 2.11 bits per heavy atom. The van der Waals surface area contributed by atoms with E-state index in [9.17, 15) is 9.59 Å². The molecule has 0 bridgehead atoms. The molecule has 1 heterocycles. The predicted molar refractivity (Wildman–Crippen MR) is 77.9 cm³/mol. The van der Waals surface area contributed by atoms with Crippen LogP contribution in [-0.4, -0.2) is 31.4 Å². The van der Waals surface area contributed by atoms with Gasteiger partial charge in [-0.3, -0.25) is 9.36 Å². The van der Waals surface area contributed by atoms with Gasteiger partial charge in [-0.25, -0.2) is 9.48 Å². The van der Waals surface area contributed by atoms with Gasteiger partial charge in [0.15, 0.2) is 0 Å². The van der Waals surface area contributed by atoms with Gasteiger partial charge in [-0.15, -0.1) is 5.10 Å². The molecule has 0 spiro atoms. The number of nitrogens with zero attached hydrogens (tertiary/aromatic N) is 3. The molecule has 1 N–H and O–H groups in total. The molecule has 19 heavy (non-hydrogen) atoms. The maximum atomic E-state index is 12.0. The second-order valence-corrected chi connectivity index (χ2v) is 6.43. The van der Waals surface area contributed by atoms with Crippen molar-refractivity contribution in [3.8, 4) is 0 Å². The van der Waals surface area contributed by atoms with Crippen molar-refractivity contribution >= 4 is 17.6 Å². The molecule has 1 saturated carbocycles. The fourth-order valence-corrected chi connectivity index (χ4v) is 3.58. The highest BCUT2D eigenvalue weighted by atomic mass is 32.2. The highest BCUT2D eigenvalue weighted by molar-refractivity contribution is 7.99. The normalized spacial score (nSPS) is 22.7. The Labute approximate surface area is 116 Å². The summed E-state index contributed by atoms with van der Waals surface area (Å²) in [6.45, 7) is 2.16. The lowest BCUT2D eigenvalue weighted by Crippen LogP contribution is -2.41. The first-order valence-electron chi connectivity index (χ1n) is 6.55. The first-order valence-corrected chi connectivity index (χ1v) is 7.60. The molecule has 0 radical (unpaired) electrons. The topological polar surface area (TPSA) is 68.9 Å². The molecule has 106 valence electrons. The summed E-state index contributed by atoms with van der Waals surface area (Å²) < 4.78 is 2.28. The van der Waals surface area contributed by atoms with E-state index in [4.69, 9.17) is 0 Å². The minimum absolute atomic E-state index is 0.275. The molecule has 6 nitrogen and oxygen atoms in total. The van der Waals surface area contributed by atoms with E-state index >= 15 is 0 Å². The Kier molecular flexibility index (Phi) is 4.34. The van der Waals surface area contributed by atoms with Crippen molar-refractivity contribution in [3.63, 3.8) is 0 Å². The highest BCUT2D eigenvalue weighted by Gasteiger charge is 2.25. The zero-order valence-corrected chi connectivity index (χ0v) is 12.4. The molecule has 2 rings (SSSR count). The summed E-state index contributed by atoms with van der Waals surface area (Å²) in [6.07, 6.45) is 3.26. The Morgan fingerprint density at radius 1 is 1.37 bits per heavy atom. The van der Waals surface area contributed by atoms with Gasteiger partial charge in [-0.05, 0) is 25.0 Å². The lowest BCUT2D eigenvalue weighted by molar-refractivity contribution is 0.597. The Balaban J connectivity index is 2.13. The van der Waals surface area contributed by atoms with Crippen LogP contribution in [0.4, 0.5) is 5.82 Å². The number of nitrogens with one attached hydrogen (secondary N) is 1. The maximum absolute atomic E-state index is 12.0. The van der Waals surface area contributed by atoms with Crippen molar-refractivity contribution in [3.05, 3.63) is 20.8 Å². The molecule has 0 saturated heterocycles. The fourth-order valence-electron chi connectivity index (χ4n) is 2.44. The average molecular weight is 284 g/mol. The van der Waals surface area contributed by atoms with Gasteiger partial charge in [0.1, 0.15) is 0 Å². The molecule has 0 aromatic carbocycles. The van der Waals surface area contributed by atoms with Crippen LogP contribution < -0.4 is 16.6 Å². The van der Waals surface area contributed by atoms with E-state index < -0.39 is 5.69 Å². The van der Waals surface area contributed by atoms with Crippen LogP contribution in [0, 0.1) is 0 Å². The van der Waals surface area contributed by atoms with Gasteiger partial charge in [-0.1, -0.05) is 6.92 Å². The van der Waals surface area contributed by atoms with E-state index in [1.807, 2.05) is 11.8 Å².